The third-order valence-corrected chi connectivity index (χ3v) is 5.54. The monoisotopic (exact) mass is 375 g/mol. The number of carbonyl (C=O) groups excluding carboxylic acids is 1. The quantitative estimate of drug-likeness (QED) is 0.690. The molecular weight excluding hydrogens is 350 g/mol. The third-order valence-electron chi connectivity index (χ3n) is 4.00. The van der Waals surface area contributed by atoms with E-state index >= 15 is 0 Å². The summed E-state index contributed by atoms with van der Waals surface area (Å²) < 4.78 is 28.0. The summed E-state index contributed by atoms with van der Waals surface area (Å²) in [5, 5.41) is 2.79. The van der Waals surface area contributed by atoms with E-state index < -0.39 is 21.6 Å². The van der Waals surface area contributed by atoms with E-state index in [4.69, 9.17) is 5.73 Å². The van der Waals surface area contributed by atoms with Gasteiger partial charge in [0.15, 0.2) is 0 Å². The predicted octanol–water partition coefficient (Wildman–Crippen LogP) is 2.19. The van der Waals surface area contributed by atoms with Gasteiger partial charge in [0.1, 0.15) is 0 Å². The lowest BCUT2D eigenvalue weighted by Gasteiger charge is -2.24. The van der Waals surface area contributed by atoms with Crippen LogP contribution in [-0.2, 0) is 10.0 Å². The Morgan fingerprint density at radius 1 is 1.12 bits per heavy atom. The van der Waals surface area contributed by atoms with Crippen molar-refractivity contribution in [2.24, 2.45) is 5.73 Å². The molecule has 0 fully saturated rings. The van der Waals surface area contributed by atoms with Gasteiger partial charge in [-0.05, 0) is 44.5 Å². The average Bonchev–Trinajstić information content (AvgIpc) is 2.62. The minimum absolute atomic E-state index is 0.0403. The molecule has 0 bridgehead atoms. The molecule has 1 amide bonds. The lowest BCUT2D eigenvalue weighted by molar-refractivity contribution is 0.0915. The zero-order valence-corrected chi connectivity index (χ0v) is 16.0. The first-order chi connectivity index (χ1) is 12.1. The summed E-state index contributed by atoms with van der Waals surface area (Å²) in [6.07, 6.45) is 0. The number of carbonyl (C=O) groups is 1. The lowest BCUT2D eigenvalue weighted by atomic mass is 10.1. The number of benzene rings is 2. The Kier molecular flexibility index (Phi) is 6.17. The van der Waals surface area contributed by atoms with Gasteiger partial charge in [0.2, 0.25) is 10.0 Å². The van der Waals surface area contributed by atoms with E-state index in [-0.39, 0.29) is 22.9 Å². The summed E-state index contributed by atoms with van der Waals surface area (Å²) in [6, 6.07) is 14.8. The number of hydrogen-bond donors (Lipinski definition) is 3. The number of nitrogens with one attached hydrogen (secondary N) is 2. The fraction of sp³-hybridized carbons (Fsp3) is 0.316. The largest absolute Gasteiger partial charge is 0.346 e. The van der Waals surface area contributed by atoms with E-state index in [9.17, 15) is 13.2 Å². The van der Waals surface area contributed by atoms with Gasteiger partial charge in [-0.15, -0.1) is 0 Å². The van der Waals surface area contributed by atoms with Crippen LogP contribution >= 0.6 is 0 Å². The van der Waals surface area contributed by atoms with Gasteiger partial charge in [0, 0.05) is 23.7 Å². The van der Waals surface area contributed by atoms with E-state index in [0.717, 1.165) is 5.56 Å². The molecular formula is C19H25N3O3S. The first kappa shape index (κ1) is 20.1. The fourth-order valence-electron chi connectivity index (χ4n) is 2.35. The Morgan fingerprint density at radius 3 is 2.38 bits per heavy atom. The van der Waals surface area contributed by atoms with Crippen molar-refractivity contribution in [1.82, 2.24) is 10.0 Å². The zero-order valence-electron chi connectivity index (χ0n) is 15.2. The molecule has 0 saturated heterocycles. The molecule has 1 unspecified atom stereocenters. The van der Waals surface area contributed by atoms with Gasteiger partial charge in [-0.1, -0.05) is 36.4 Å². The summed E-state index contributed by atoms with van der Waals surface area (Å²) in [7, 11) is -3.77. The molecule has 2 aromatic rings. The van der Waals surface area contributed by atoms with Crippen molar-refractivity contribution in [2.45, 2.75) is 37.2 Å². The van der Waals surface area contributed by atoms with Gasteiger partial charge in [-0.2, -0.15) is 0 Å². The summed E-state index contributed by atoms with van der Waals surface area (Å²) in [6.45, 7) is 5.64. The molecule has 2 rings (SSSR count). The van der Waals surface area contributed by atoms with Crippen LogP contribution in [0.3, 0.4) is 0 Å². The van der Waals surface area contributed by atoms with E-state index in [0.29, 0.717) is 0 Å². The van der Waals surface area contributed by atoms with E-state index in [1.54, 1.807) is 32.9 Å². The molecule has 0 radical (unpaired) electrons. The van der Waals surface area contributed by atoms with Crippen molar-refractivity contribution in [3.8, 4) is 0 Å². The normalized spacial score (nSPS) is 13.2. The molecule has 0 saturated carbocycles. The summed E-state index contributed by atoms with van der Waals surface area (Å²) >= 11 is 0. The minimum atomic E-state index is -3.77. The highest BCUT2D eigenvalue weighted by Gasteiger charge is 2.22. The molecule has 7 heteroatoms. The lowest BCUT2D eigenvalue weighted by Crippen LogP contribution is -2.48. The van der Waals surface area contributed by atoms with E-state index in [1.807, 2.05) is 30.3 Å². The van der Waals surface area contributed by atoms with Crippen LogP contribution in [0.4, 0.5) is 0 Å². The highest BCUT2D eigenvalue weighted by atomic mass is 32.2. The number of rotatable bonds is 7. The number of amides is 1. The molecule has 0 aliphatic heterocycles. The second-order valence-electron chi connectivity index (χ2n) is 6.82. The van der Waals surface area contributed by atoms with Crippen LogP contribution < -0.4 is 15.8 Å². The molecule has 2 aromatic carbocycles. The maximum Gasteiger partial charge on any atom is 0.251 e. The van der Waals surface area contributed by atoms with Gasteiger partial charge >= 0.3 is 0 Å². The third kappa shape index (κ3) is 5.14. The van der Waals surface area contributed by atoms with Gasteiger partial charge in [0.25, 0.3) is 5.91 Å². The van der Waals surface area contributed by atoms with Crippen molar-refractivity contribution >= 4 is 15.9 Å². The van der Waals surface area contributed by atoms with Crippen LogP contribution in [-0.4, -0.2) is 26.4 Å². The number of sulfonamides is 1. The van der Waals surface area contributed by atoms with Crippen LogP contribution in [0.1, 0.15) is 42.7 Å². The average molecular weight is 375 g/mol. The molecule has 0 spiro atoms. The van der Waals surface area contributed by atoms with Crippen LogP contribution in [0.25, 0.3) is 0 Å². The van der Waals surface area contributed by atoms with E-state index in [1.165, 1.54) is 12.1 Å². The molecule has 6 nitrogen and oxygen atoms in total. The Bertz CT molecular complexity index is 865. The van der Waals surface area contributed by atoms with E-state index in [2.05, 4.69) is 10.0 Å². The zero-order chi connectivity index (χ0) is 19.4. The minimum Gasteiger partial charge on any atom is -0.346 e. The molecule has 0 heterocycles. The highest BCUT2D eigenvalue weighted by Crippen LogP contribution is 2.18. The maximum atomic E-state index is 12.7. The molecule has 0 aromatic heterocycles. The highest BCUT2D eigenvalue weighted by molar-refractivity contribution is 7.89. The standard InChI is InChI=1S/C19H25N3O3S/c1-14(15-8-5-4-6-9-15)22-26(24,25)17-11-7-10-16(12-17)18(23)21-19(2,3)13-20/h4-12,14,22H,13,20H2,1-3H3,(H,21,23). The SMILES string of the molecule is CC(NS(=O)(=O)c1cccc(C(=O)NC(C)(C)CN)c1)c1ccccc1. The van der Waals surface area contributed by atoms with Crippen LogP contribution in [0.2, 0.25) is 0 Å². The molecule has 4 N–H and O–H groups in total. The van der Waals surface area contributed by atoms with Gasteiger partial charge in [-0.25, -0.2) is 13.1 Å². The predicted molar refractivity (Wildman–Crippen MR) is 102 cm³/mol. The number of hydrogen-bond acceptors (Lipinski definition) is 4. The Labute approximate surface area is 154 Å². The van der Waals surface area contributed by atoms with Crippen molar-refractivity contribution in [2.75, 3.05) is 6.54 Å². The Hall–Kier alpha value is -2.22. The van der Waals surface area contributed by atoms with Crippen molar-refractivity contribution < 1.29 is 13.2 Å². The van der Waals surface area contributed by atoms with Crippen LogP contribution in [0.15, 0.2) is 59.5 Å². The van der Waals surface area contributed by atoms with Gasteiger partial charge in [-0.3, -0.25) is 4.79 Å². The van der Waals surface area contributed by atoms with Crippen molar-refractivity contribution in [3.05, 3.63) is 65.7 Å². The van der Waals surface area contributed by atoms with Crippen LogP contribution in [0.5, 0.6) is 0 Å². The Morgan fingerprint density at radius 2 is 1.77 bits per heavy atom. The summed E-state index contributed by atoms with van der Waals surface area (Å²) in [5.74, 6) is -0.367. The summed E-state index contributed by atoms with van der Waals surface area (Å²) in [4.78, 5) is 12.4. The second-order valence-corrected chi connectivity index (χ2v) is 8.54. The molecule has 26 heavy (non-hydrogen) atoms. The second kappa shape index (κ2) is 7.99. The summed E-state index contributed by atoms with van der Waals surface area (Å²) in [5.41, 5.74) is 6.17. The molecule has 1 atom stereocenters. The first-order valence-corrected chi connectivity index (χ1v) is 9.83. The molecule has 0 aliphatic rings. The maximum absolute atomic E-state index is 12.7. The molecule has 140 valence electrons. The van der Waals surface area contributed by atoms with Crippen molar-refractivity contribution in [1.29, 1.82) is 0 Å². The van der Waals surface area contributed by atoms with Gasteiger partial charge in [0.05, 0.1) is 4.90 Å². The number of nitrogens with two attached hydrogens (primary N) is 1. The fourth-order valence-corrected chi connectivity index (χ4v) is 3.62. The molecule has 0 aliphatic carbocycles. The van der Waals surface area contributed by atoms with Crippen LogP contribution in [0, 0.1) is 0 Å². The van der Waals surface area contributed by atoms with Crippen molar-refractivity contribution in [3.63, 3.8) is 0 Å². The topological polar surface area (TPSA) is 101 Å². The van der Waals surface area contributed by atoms with Gasteiger partial charge < -0.3 is 11.1 Å². The first-order valence-electron chi connectivity index (χ1n) is 8.34. The Balaban J connectivity index is 2.21. The smallest absolute Gasteiger partial charge is 0.251 e.